The molecule has 2 aromatic rings. The average molecular weight is 430 g/mol. The van der Waals surface area contributed by atoms with Gasteiger partial charge in [-0.25, -0.2) is 4.79 Å². The minimum absolute atomic E-state index is 0.0388. The van der Waals surface area contributed by atoms with Gasteiger partial charge in [-0.2, -0.15) is 4.98 Å². The molecule has 4 rings (SSSR count). The quantitative estimate of drug-likeness (QED) is 0.376. The molecule has 0 spiro atoms. The van der Waals surface area contributed by atoms with Crippen LogP contribution in [0.1, 0.15) is 33.4 Å². The zero-order valence-corrected chi connectivity index (χ0v) is 16.5. The summed E-state index contributed by atoms with van der Waals surface area (Å²) in [6, 6.07) is 8.02. The summed E-state index contributed by atoms with van der Waals surface area (Å²) in [6.45, 7) is -0.262. The lowest BCUT2D eigenvalue weighted by atomic mass is 10.1. The van der Waals surface area contributed by atoms with E-state index in [0.717, 1.165) is 9.47 Å². The molecule has 164 valence electrons. The fourth-order valence-electron chi connectivity index (χ4n) is 3.78. The van der Waals surface area contributed by atoms with Crippen LogP contribution in [0.15, 0.2) is 41.3 Å². The first-order chi connectivity index (χ1) is 14.9. The topological polar surface area (TPSA) is 157 Å². The van der Waals surface area contributed by atoms with Gasteiger partial charge in [0, 0.05) is 19.3 Å². The van der Waals surface area contributed by atoms with Crippen LogP contribution in [0.4, 0.5) is 5.82 Å². The minimum Gasteiger partial charge on any atom is -0.394 e. The molecule has 2 aliphatic rings. The standard InChI is InChI=1S/C20H22N4O7/c21-14-6-8-24(20(29)22-14)19-16(15(26)13(10-25)31-19)30-9-3-7-23-17(27)11-4-1-2-5-12(11)18(23)28/h1-2,4-6,8,13,15-16,19,25-26H,3,7,9-10H2,(H2,21,22,29)/t13-,15+,16?,19-/m1/s1. The summed E-state index contributed by atoms with van der Waals surface area (Å²) in [5, 5.41) is 19.9. The predicted octanol–water partition coefficient (Wildman–Crippen LogP) is -0.852. The van der Waals surface area contributed by atoms with Gasteiger partial charge < -0.3 is 25.4 Å². The molecule has 11 nitrogen and oxygen atoms in total. The van der Waals surface area contributed by atoms with E-state index in [2.05, 4.69) is 4.98 Å². The van der Waals surface area contributed by atoms with E-state index in [-0.39, 0.29) is 30.8 Å². The second kappa shape index (κ2) is 8.55. The molecular weight excluding hydrogens is 408 g/mol. The molecule has 3 heterocycles. The van der Waals surface area contributed by atoms with Gasteiger partial charge in [-0.15, -0.1) is 0 Å². The summed E-state index contributed by atoms with van der Waals surface area (Å²) in [4.78, 5) is 41.8. The minimum atomic E-state index is -1.20. The van der Waals surface area contributed by atoms with Crippen molar-refractivity contribution in [3.63, 3.8) is 0 Å². The van der Waals surface area contributed by atoms with Crippen molar-refractivity contribution in [1.29, 1.82) is 0 Å². The number of hydrogen-bond acceptors (Lipinski definition) is 9. The van der Waals surface area contributed by atoms with Gasteiger partial charge in [-0.3, -0.25) is 19.1 Å². The van der Waals surface area contributed by atoms with Gasteiger partial charge in [0.1, 0.15) is 24.1 Å². The van der Waals surface area contributed by atoms with Crippen molar-refractivity contribution in [1.82, 2.24) is 14.5 Å². The lowest BCUT2D eigenvalue weighted by Crippen LogP contribution is -2.39. The Morgan fingerprint density at radius 2 is 1.81 bits per heavy atom. The van der Waals surface area contributed by atoms with Crippen molar-refractivity contribution in [2.24, 2.45) is 0 Å². The Morgan fingerprint density at radius 1 is 1.13 bits per heavy atom. The second-order valence-electron chi connectivity index (χ2n) is 7.28. The van der Waals surface area contributed by atoms with E-state index in [1.807, 2.05) is 0 Å². The molecule has 1 fully saturated rings. The molecule has 4 atom stereocenters. The van der Waals surface area contributed by atoms with Crippen molar-refractivity contribution in [3.05, 3.63) is 58.1 Å². The van der Waals surface area contributed by atoms with E-state index in [1.54, 1.807) is 24.3 Å². The third-order valence-corrected chi connectivity index (χ3v) is 5.33. The fraction of sp³-hybridized carbons (Fsp3) is 0.400. The van der Waals surface area contributed by atoms with E-state index >= 15 is 0 Å². The van der Waals surface area contributed by atoms with Gasteiger partial charge >= 0.3 is 5.69 Å². The van der Waals surface area contributed by atoms with Crippen molar-refractivity contribution in [2.75, 3.05) is 25.5 Å². The number of rotatable bonds is 7. The summed E-state index contributed by atoms with van der Waals surface area (Å²) in [7, 11) is 0. The van der Waals surface area contributed by atoms with Crippen LogP contribution in [-0.2, 0) is 9.47 Å². The number of aromatic nitrogens is 2. The molecule has 1 aromatic heterocycles. The number of ether oxygens (including phenoxy) is 2. The molecule has 2 aliphatic heterocycles. The van der Waals surface area contributed by atoms with Gasteiger partial charge in [-0.1, -0.05) is 12.1 Å². The number of nitrogens with zero attached hydrogens (tertiary/aromatic N) is 3. The SMILES string of the molecule is Nc1ccn([C@@H]2O[C@H](CO)[C@H](O)C2OCCCN2C(=O)c3ccccc3C2=O)c(=O)n1. The number of benzene rings is 1. The molecule has 0 radical (unpaired) electrons. The van der Waals surface area contributed by atoms with Crippen LogP contribution in [0.3, 0.4) is 0 Å². The Morgan fingerprint density at radius 3 is 2.42 bits per heavy atom. The number of nitrogens with two attached hydrogens (primary N) is 1. The number of nitrogen functional groups attached to an aromatic ring is 1. The zero-order valence-electron chi connectivity index (χ0n) is 16.5. The first-order valence-corrected chi connectivity index (χ1v) is 9.78. The highest BCUT2D eigenvalue weighted by Crippen LogP contribution is 2.31. The Labute approximate surface area is 176 Å². The summed E-state index contributed by atoms with van der Waals surface area (Å²) < 4.78 is 12.5. The van der Waals surface area contributed by atoms with Crippen LogP contribution in [0.25, 0.3) is 0 Å². The van der Waals surface area contributed by atoms with E-state index in [4.69, 9.17) is 15.2 Å². The van der Waals surface area contributed by atoms with Crippen molar-refractivity contribution < 1.29 is 29.3 Å². The first-order valence-electron chi connectivity index (χ1n) is 9.78. The molecular formula is C20H22N4O7. The average Bonchev–Trinajstić information content (AvgIpc) is 3.20. The summed E-state index contributed by atoms with van der Waals surface area (Å²) >= 11 is 0. The van der Waals surface area contributed by atoms with Gasteiger partial charge in [0.15, 0.2) is 6.23 Å². The van der Waals surface area contributed by atoms with E-state index < -0.39 is 36.8 Å². The molecule has 1 aromatic carbocycles. The van der Waals surface area contributed by atoms with Gasteiger partial charge in [0.05, 0.1) is 17.7 Å². The monoisotopic (exact) mass is 430 g/mol. The fourth-order valence-corrected chi connectivity index (χ4v) is 3.78. The predicted molar refractivity (Wildman–Crippen MR) is 106 cm³/mol. The molecule has 0 bridgehead atoms. The van der Waals surface area contributed by atoms with E-state index in [0.29, 0.717) is 17.5 Å². The molecule has 1 unspecified atom stereocenters. The molecule has 11 heteroatoms. The lowest BCUT2D eigenvalue weighted by molar-refractivity contribution is -0.0750. The van der Waals surface area contributed by atoms with Crippen LogP contribution in [0, 0.1) is 0 Å². The molecule has 1 saturated heterocycles. The second-order valence-corrected chi connectivity index (χ2v) is 7.28. The van der Waals surface area contributed by atoms with Gasteiger partial charge in [-0.05, 0) is 24.6 Å². The number of amides is 2. The number of imide groups is 1. The number of carbonyl (C=O) groups is 2. The van der Waals surface area contributed by atoms with Crippen LogP contribution in [-0.4, -0.2) is 74.5 Å². The Hall–Kier alpha value is -3.12. The number of aliphatic hydroxyl groups excluding tert-OH is 2. The Balaban J connectivity index is 1.40. The number of fused-ring (bicyclic) bond motifs is 1. The third-order valence-electron chi connectivity index (χ3n) is 5.33. The summed E-state index contributed by atoms with van der Waals surface area (Å²) in [5.41, 5.74) is 5.56. The molecule has 2 amide bonds. The molecule has 0 aliphatic carbocycles. The largest absolute Gasteiger partial charge is 0.394 e. The smallest absolute Gasteiger partial charge is 0.351 e. The number of anilines is 1. The highest BCUT2D eigenvalue weighted by molar-refractivity contribution is 6.21. The lowest BCUT2D eigenvalue weighted by Gasteiger charge is -2.23. The maximum Gasteiger partial charge on any atom is 0.351 e. The highest BCUT2D eigenvalue weighted by Gasteiger charge is 2.45. The molecule has 31 heavy (non-hydrogen) atoms. The zero-order chi connectivity index (χ0) is 22.1. The van der Waals surface area contributed by atoms with Gasteiger partial charge in [0.2, 0.25) is 0 Å². The molecule has 4 N–H and O–H groups in total. The summed E-state index contributed by atoms with van der Waals surface area (Å²) in [5.74, 6) is -0.679. The maximum absolute atomic E-state index is 12.4. The van der Waals surface area contributed by atoms with Crippen molar-refractivity contribution >= 4 is 17.6 Å². The first kappa shape index (κ1) is 21.1. The van der Waals surface area contributed by atoms with Crippen LogP contribution >= 0.6 is 0 Å². The number of aliphatic hydroxyl groups is 2. The van der Waals surface area contributed by atoms with Crippen molar-refractivity contribution in [2.45, 2.75) is 31.0 Å². The summed E-state index contributed by atoms with van der Waals surface area (Å²) in [6.07, 6.45) is -2.46. The molecule has 0 saturated carbocycles. The Bertz CT molecular complexity index is 1020. The maximum atomic E-state index is 12.4. The van der Waals surface area contributed by atoms with Gasteiger partial charge in [0.25, 0.3) is 11.8 Å². The van der Waals surface area contributed by atoms with Crippen molar-refractivity contribution in [3.8, 4) is 0 Å². The number of carbonyl (C=O) groups excluding carboxylic acids is 2. The van der Waals surface area contributed by atoms with Crippen LogP contribution in [0.2, 0.25) is 0 Å². The normalized spacial score (nSPS) is 25.3. The van der Waals surface area contributed by atoms with Crippen LogP contribution < -0.4 is 11.4 Å². The highest BCUT2D eigenvalue weighted by atomic mass is 16.6. The van der Waals surface area contributed by atoms with Crippen LogP contribution in [0.5, 0.6) is 0 Å². The number of hydrogen-bond donors (Lipinski definition) is 3. The Kier molecular flexibility index (Phi) is 5.83. The van der Waals surface area contributed by atoms with E-state index in [1.165, 1.54) is 12.3 Å². The van der Waals surface area contributed by atoms with E-state index in [9.17, 15) is 24.6 Å². The third kappa shape index (κ3) is 3.83.